The fourth-order valence-electron chi connectivity index (χ4n) is 8.54. The van der Waals surface area contributed by atoms with E-state index in [-0.39, 0.29) is 43.7 Å². The lowest BCUT2D eigenvalue weighted by molar-refractivity contribution is -0.896. The number of thiazole rings is 2. The molecule has 6 aromatic rings. The van der Waals surface area contributed by atoms with Crippen molar-refractivity contribution >= 4 is 84.5 Å². The number of carbonyl (C=O) groups excluding carboxylic acids is 3. The highest BCUT2D eigenvalue weighted by atomic mass is 32.1. The Labute approximate surface area is 454 Å². The van der Waals surface area contributed by atoms with Crippen molar-refractivity contribution in [2.24, 2.45) is 5.73 Å². The van der Waals surface area contributed by atoms with Crippen molar-refractivity contribution in [3.8, 4) is 42.3 Å². The molecule has 1 aliphatic heterocycles. The molecule has 0 radical (unpaired) electrons. The molecule has 77 heavy (non-hydrogen) atoms. The van der Waals surface area contributed by atoms with E-state index in [1.807, 2.05) is 56.3 Å². The van der Waals surface area contributed by atoms with E-state index < -0.39 is 30.0 Å². The Balaban J connectivity index is 0.959. The van der Waals surface area contributed by atoms with Crippen LogP contribution in [-0.2, 0) is 35.5 Å². The number of anilines is 5. The van der Waals surface area contributed by atoms with Gasteiger partial charge in [-0.25, -0.2) is 28.7 Å². The van der Waals surface area contributed by atoms with Gasteiger partial charge in [0, 0.05) is 45.9 Å². The first kappa shape index (κ1) is 56.4. The average molecular weight is 1080 g/mol. The number of fused-ring (bicyclic) bond motifs is 2. The Kier molecular flexibility index (Phi) is 19.4. The number of terminal acetylenes is 2. The monoisotopic (exact) mass is 1080 g/mol. The molecule has 0 aliphatic carbocycles. The Morgan fingerprint density at radius 3 is 2.58 bits per heavy atom. The highest BCUT2D eigenvalue weighted by Crippen LogP contribution is 2.39. The van der Waals surface area contributed by atoms with Crippen LogP contribution in [0.5, 0.6) is 5.75 Å². The molecule has 0 fully saturated rings. The number of para-hydroxylation sites is 1. The fourth-order valence-corrected chi connectivity index (χ4v) is 10.5. The van der Waals surface area contributed by atoms with E-state index >= 15 is 4.39 Å². The maximum atomic E-state index is 15.4. The molecular weight excluding hydrogens is 1020 g/mol. The van der Waals surface area contributed by atoms with Gasteiger partial charge in [0.1, 0.15) is 13.1 Å². The summed E-state index contributed by atoms with van der Waals surface area (Å²) >= 11 is 2.82. The standard InChI is InChI=1S/C55H59FN12O7S2/c1-7-26-66(55(73)75-29-8-2)33-38-32-39(60-50(69)43(58-4)18-11-25-59-52(57)72)23-22-37(38)34-68(5,6)28-13-15-36-21-24-44(41(56)31-36)74-30-14-20-46-47(51(70)71)62-54(77-46)67-27-12-16-40-35(3)48(64-65-49(40)67)63-53-61-42-17-9-10-19-45(42)76-53/h1-2,9-10,17,19,21-24,31-32,43,58H,11-12,14,16,18,20,25-30,33-34H2,3-6H3,(H5-,57,59,60,61,63,64,69,70,71,72)/p+1. The van der Waals surface area contributed by atoms with E-state index in [4.69, 9.17) is 28.1 Å². The lowest BCUT2D eigenvalue weighted by Crippen LogP contribution is -2.40. The van der Waals surface area contributed by atoms with E-state index in [0.29, 0.717) is 99.9 Å². The maximum absolute atomic E-state index is 15.4. The van der Waals surface area contributed by atoms with Crippen molar-refractivity contribution in [2.75, 3.05) is 76.1 Å². The number of rotatable bonds is 23. The summed E-state index contributed by atoms with van der Waals surface area (Å²) in [5.74, 6) is 10.3. The van der Waals surface area contributed by atoms with Gasteiger partial charge in [0.15, 0.2) is 45.8 Å². The largest absolute Gasteiger partial charge is 0.491 e. The predicted molar refractivity (Wildman–Crippen MR) is 296 cm³/mol. The smallest absolute Gasteiger partial charge is 0.411 e. The van der Waals surface area contributed by atoms with Crippen LogP contribution < -0.4 is 36.6 Å². The van der Waals surface area contributed by atoms with Crippen LogP contribution in [0.4, 0.5) is 41.6 Å². The number of carboxylic acids is 1. The van der Waals surface area contributed by atoms with Crippen LogP contribution in [0.15, 0.2) is 60.7 Å². The molecule has 0 saturated carbocycles. The highest BCUT2D eigenvalue weighted by molar-refractivity contribution is 7.22. The molecule has 0 saturated heterocycles. The van der Waals surface area contributed by atoms with Crippen LogP contribution in [0, 0.1) is 49.3 Å². The molecular formula is C55H60FN12O7S2+. The first-order chi connectivity index (χ1) is 37.1. The van der Waals surface area contributed by atoms with Crippen molar-refractivity contribution in [3.05, 3.63) is 105 Å². The number of likely N-dealkylation sites (N-methyl/N-ethyl adjacent to an activating group) is 1. The number of carbonyl (C=O) groups is 4. The molecule has 1 unspecified atom stereocenters. The summed E-state index contributed by atoms with van der Waals surface area (Å²) in [7, 11) is 5.62. The second-order valence-electron chi connectivity index (χ2n) is 18.6. The number of nitrogens with zero attached hydrogens (tertiary/aromatic N) is 7. The van der Waals surface area contributed by atoms with Gasteiger partial charge in [-0.3, -0.25) is 9.69 Å². The highest BCUT2D eigenvalue weighted by Gasteiger charge is 2.29. The first-order valence-corrected chi connectivity index (χ1v) is 26.3. The number of ether oxygens (including phenoxy) is 2. The number of primary amides is 1. The zero-order valence-corrected chi connectivity index (χ0v) is 44.8. The predicted octanol–water partition coefficient (Wildman–Crippen LogP) is 7.34. The summed E-state index contributed by atoms with van der Waals surface area (Å²) in [5.41, 5.74) is 10.4. The van der Waals surface area contributed by atoms with E-state index in [9.17, 15) is 24.3 Å². The molecule has 0 bridgehead atoms. The zero-order valence-electron chi connectivity index (χ0n) is 43.2. The number of aromatic carboxylic acids is 1. The van der Waals surface area contributed by atoms with Gasteiger partial charge in [-0.1, -0.05) is 47.3 Å². The van der Waals surface area contributed by atoms with Gasteiger partial charge in [-0.2, -0.15) is 0 Å². The van der Waals surface area contributed by atoms with Crippen molar-refractivity contribution in [1.82, 2.24) is 35.7 Å². The minimum absolute atomic E-state index is 0.0409. The number of hydrogen-bond acceptors (Lipinski definition) is 15. The molecule has 400 valence electrons. The Hall–Kier alpha value is -8.33. The van der Waals surface area contributed by atoms with Crippen LogP contribution in [0.1, 0.15) is 68.9 Å². The van der Waals surface area contributed by atoms with E-state index in [1.54, 1.807) is 25.2 Å². The number of hydrogen-bond donors (Lipinski definition) is 6. The number of aryl methyl sites for hydroxylation is 1. The van der Waals surface area contributed by atoms with Gasteiger partial charge in [-0.15, -0.1) is 34.4 Å². The van der Waals surface area contributed by atoms with Gasteiger partial charge in [0.25, 0.3) is 0 Å². The number of nitrogens with one attached hydrogen (secondary N) is 4. The van der Waals surface area contributed by atoms with Crippen LogP contribution in [0.2, 0.25) is 0 Å². The third-order valence-corrected chi connectivity index (χ3v) is 14.5. The van der Waals surface area contributed by atoms with Crippen molar-refractivity contribution in [2.45, 2.75) is 64.6 Å². The molecule has 22 heteroatoms. The summed E-state index contributed by atoms with van der Waals surface area (Å²) in [5, 5.41) is 32.3. The summed E-state index contributed by atoms with van der Waals surface area (Å²) in [6.45, 7) is 3.57. The van der Waals surface area contributed by atoms with E-state index in [1.165, 1.54) is 39.7 Å². The minimum atomic E-state index is -1.14. The fraction of sp³-hybridized carbons (Fsp3) is 0.345. The molecule has 7 rings (SSSR count). The lowest BCUT2D eigenvalue weighted by atomic mass is 10.0. The van der Waals surface area contributed by atoms with Crippen LogP contribution in [-0.4, -0.2) is 125 Å². The van der Waals surface area contributed by atoms with Gasteiger partial charge < -0.3 is 51.0 Å². The number of amides is 4. The molecule has 4 heterocycles. The molecule has 0 spiro atoms. The summed E-state index contributed by atoms with van der Waals surface area (Å²) in [4.78, 5) is 62.8. The molecule has 7 N–H and O–H groups in total. The lowest BCUT2D eigenvalue weighted by Gasteiger charge is -2.29. The van der Waals surface area contributed by atoms with Crippen molar-refractivity contribution in [1.29, 1.82) is 0 Å². The number of aromatic nitrogens is 4. The Morgan fingerprint density at radius 2 is 1.84 bits per heavy atom. The van der Waals surface area contributed by atoms with Gasteiger partial charge in [0.05, 0.1) is 50.1 Å². The SMILES string of the molecule is C#CCOC(=O)N(CC#C)Cc1cc(NC(=O)C(CCCNC(N)=O)NC)ccc1C[N+](C)(C)CC#Cc1ccc(OCCCc2sc(N3CCCc4c3nnc(Nc3nc5ccccc5s3)c4C)nc2C(=O)O)c(F)c1. The van der Waals surface area contributed by atoms with Gasteiger partial charge in [-0.05, 0) is 106 Å². The third-order valence-electron chi connectivity index (χ3n) is 12.4. The number of nitrogens with two attached hydrogens (primary N) is 1. The van der Waals surface area contributed by atoms with Crippen LogP contribution >= 0.6 is 22.7 Å². The first-order valence-electron chi connectivity index (χ1n) is 24.7. The molecule has 3 aromatic carbocycles. The Morgan fingerprint density at radius 1 is 1.03 bits per heavy atom. The number of benzene rings is 3. The summed E-state index contributed by atoms with van der Waals surface area (Å²) < 4.78 is 27.9. The van der Waals surface area contributed by atoms with E-state index in [2.05, 4.69) is 65.1 Å². The number of urea groups is 1. The van der Waals surface area contributed by atoms with Gasteiger partial charge >= 0.3 is 18.1 Å². The second-order valence-corrected chi connectivity index (χ2v) is 20.7. The molecule has 1 aliphatic rings. The third kappa shape index (κ3) is 15.2. The van der Waals surface area contributed by atoms with Crippen LogP contribution in [0.25, 0.3) is 10.2 Å². The summed E-state index contributed by atoms with van der Waals surface area (Å²) in [6.07, 6.45) is 13.5. The number of carboxylic acid groups (broad SMARTS) is 1. The molecule has 1 atom stereocenters. The van der Waals surface area contributed by atoms with Gasteiger partial charge in [0.2, 0.25) is 5.91 Å². The average Bonchev–Trinajstić information content (AvgIpc) is 4.04. The normalized spacial score (nSPS) is 12.3. The van der Waals surface area contributed by atoms with E-state index in [0.717, 1.165) is 39.7 Å². The number of quaternary nitrogens is 1. The van der Waals surface area contributed by atoms with Crippen molar-refractivity contribution in [3.63, 3.8) is 0 Å². The minimum Gasteiger partial charge on any atom is -0.491 e. The second kappa shape index (κ2) is 26.4. The maximum Gasteiger partial charge on any atom is 0.411 e. The molecule has 4 amide bonds. The number of halogens is 1. The van der Waals surface area contributed by atoms with Crippen molar-refractivity contribution < 1.29 is 42.6 Å². The summed E-state index contributed by atoms with van der Waals surface area (Å²) in [6, 6.07) is 16.6. The zero-order chi connectivity index (χ0) is 55.1. The topological polar surface area (TPSA) is 239 Å². The quantitative estimate of drug-likeness (QED) is 0.0209. The molecule has 19 nitrogen and oxygen atoms in total. The van der Waals surface area contributed by atoms with Crippen LogP contribution in [0.3, 0.4) is 0 Å². The molecule has 3 aromatic heterocycles. The Bertz CT molecular complexity index is 3250.